The first-order chi connectivity index (χ1) is 9.11. The van der Waals surface area contributed by atoms with E-state index in [2.05, 4.69) is 15.5 Å². The molecule has 3 N–H and O–H groups in total. The lowest BCUT2D eigenvalue weighted by Gasteiger charge is -2.27. The largest absolute Gasteiger partial charge is 0.481 e. The van der Waals surface area contributed by atoms with Crippen molar-refractivity contribution in [2.75, 3.05) is 5.32 Å². The molecule has 1 saturated carbocycles. The molecule has 19 heavy (non-hydrogen) atoms. The molecular weight excluding hydrogens is 246 g/mol. The van der Waals surface area contributed by atoms with Crippen molar-refractivity contribution < 1.29 is 14.7 Å². The number of aromatic amines is 1. The quantitative estimate of drug-likeness (QED) is 0.773. The molecule has 1 fully saturated rings. The molecule has 0 spiro atoms. The molecule has 0 aromatic carbocycles. The van der Waals surface area contributed by atoms with Gasteiger partial charge >= 0.3 is 5.97 Å². The molecule has 104 valence electrons. The fourth-order valence-electron chi connectivity index (χ4n) is 2.57. The molecule has 6 nitrogen and oxygen atoms in total. The molecule has 0 saturated heterocycles. The number of hydrogen-bond acceptors (Lipinski definition) is 3. The van der Waals surface area contributed by atoms with Gasteiger partial charge in [-0.05, 0) is 19.3 Å². The number of carbonyl (C=O) groups is 2. The van der Waals surface area contributed by atoms with Crippen LogP contribution in [0.2, 0.25) is 0 Å². The fourth-order valence-corrected chi connectivity index (χ4v) is 2.57. The van der Waals surface area contributed by atoms with Crippen LogP contribution in [0.3, 0.4) is 0 Å². The van der Waals surface area contributed by atoms with Crippen LogP contribution >= 0.6 is 0 Å². The van der Waals surface area contributed by atoms with E-state index in [-0.39, 0.29) is 5.91 Å². The van der Waals surface area contributed by atoms with Gasteiger partial charge in [-0.3, -0.25) is 14.7 Å². The van der Waals surface area contributed by atoms with Crippen LogP contribution in [-0.4, -0.2) is 27.2 Å². The van der Waals surface area contributed by atoms with Gasteiger partial charge < -0.3 is 10.4 Å². The zero-order valence-electron chi connectivity index (χ0n) is 11.0. The third-order valence-electron chi connectivity index (χ3n) is 3.68. The maximum absolute atomic E-state index is 12.2. The summed E-state index contributed by atoms with van der Waals surface area (Å²) in [5, 5.41) is 18.7. The monoisotopic (exact) mass is 265 g/mol. The Hall–Kier alpha value is -1.85. The molecule has 1 aliphatic carbocycles. The highest BCUT2D eigenvalue weighted by Crippen LogP contribution is 2.31. The summed E-state index contributed by atoms with van der Waals surface area (Å²) in [5.74, 6) is -1.67. The number of carboxylic acid groups (broad SMARTS) is 1. The molecule has 1 heterocycles. The third-order valence-corrected chi connectivity index (χ3v) is 3.68. The van der Waals surface area contributed by atoms with Gasteiger partial charge in [0.25, 0.3) is 0 Å². The maximum atomic E-state index is 12.2. The number of anilines is 1. The van der Waals surface area contributed by atoms with Gasteiger partial charge in [-0.25, -0.2) is 0 Å². The first-order valence-electron chi connectivity index (χ1n) is 6.69. The number of nitrogens with one attached hydrogen (secondary N) is 2. The topological polar surface area (TPSA) is 95.1 Å². The second-order valence-corrected chi connectivity index (χ2v) is 4.96. The second kappa shape index (κ2) is 5.86. The lowest BCUT2D eigenvalue weighted by atomic mass is 9.79. The number of hydrogen-bond donors (Lipinski definition) is 3. The van der Waals surface area contributed by atoms with Crippen molar-refractivity contribution in [2.24, 2.45) is 11.8 Å². The minimum Gasteiger partial charge on any atom is -0.481 e. The van der Waals surface area contributed by atoms with Crippen molar-refractivity contribution >= 4 is 17.7 Å². The molecule has 2 atom stereocenters. The standard InChI is InChI=1S/C13H19N3O3/c1-2-8-7-11(16-15-8)14-12(17)9-5-3-4-6-10(9)13(18)19/h7,9-10H,2-6H2,1H3,(H,18,19)(H2,14,15,16,17)/t9-,10+/m1/s1. The Morgan fingerprint density at radius 2 is 2.11 bits per heavy atom. The Bertz CT molecular complexity index is 469. The van der Waals surface area contributed by atoms with Crippen molar-refractivity contribution in [3.8, 4) is 0 Å². The van der Waals surface area contributed by atoms with Gasteiger partial charge in [-0.2, -0.15) is 5.10 Å². The minimum absolute atomic E-state index is 0.235. The zero-order valence-corrected chi connectivity index (χ0v) is 11.0. The Kier molecular flexibility index (Phi) is 4.19. The number of carbonyl (C=O) groups excluding carboxylic acids is 1. The van der Waals surface area contributed by atoms with Gasteiger partial charge in [-0.1, -0.05) is 19.8 Å². The normalized spacial score (nSPS) is 23.0. The van der Waals surface area contributed by atoms with Crippen LogP contribution in [0.5, 0.6) is 0 Å². The van der Waals surface area contributed by atoms with Gasteiger partial charge in [0, 0.05) is 11.8 Å². The van der Waals surface area contributed by atoms with Gasteiger partial charge in [0.15, 0.2) is 5.82 Å². The molecular formula is C13H19N3O3. The van der Waals surface area contributed by atoms with E-state index >= 15 is 0 Å². The molecule has 1 aromatic heterocycles. The van der Waals surface area contributed by atoms with Gasteiger partial charge in [0.2, 0.25) is 5.91 Å². The summed E-state index contributed by atoms with van der Waals surface area (Å²) in [4.78, 5) is 23.3. The molecule has 2 rings (SSSR count). The Morgan fingerprint density at radius 3 is 2.68 bits per heavy atom. The average Bonchev–Trinajstić information content (AvgIpc) is 2.86. The lowest BCUT2D eigenvalue weighted by molar-refractivity contribution is -0.147. The number of rotatable bonds is 4. The predicted octanol–water partition coefficient (Wildman–Crippen LogP) is 1.80. The molecule has 0 unspecified atom stereocenters. The Morgan fingerprint density at radius 1 is 1.42 bits per heavy atom. The van der Waals surface area contributed by atoms with Gasteiger partial charge in [0.1, 0.15) is 0 Å². The third kappa shape index (κ3) is 3.13. The molecule has 6 heteroatoms. The number of nitrogens with zero attached hydrogens (tertiary/aromatic N) is 1. The van der Waals surface area contributed by atoms with E-state index in [1.165, 1.54) is 0 Å². The SMILES string of the molecule is CCc1cc(NC(=O)[C@@H]2CCCC[C@@H]2C(=O)O)n[nH]1. The van der Waals surface area contributed by atoms with Crippen LogP contribution in [0.1, 0.15) is 38.3 Å². The minimum atomic E-state index is -0.879. The van der Waals surface area contributed by atoms with Crippen molar-refractivity contribution in [1.29, 1.82) is 0 Å². The number of aromatic nitrogens is 2. The number of carboxylic acids is 1. The van der Waals surface area contributed by atoms with Gasteiger partial charge in [0.05, 0.1) is 11.8 Å². The fraction of sp³-hybridized carbons (Fsp3) is 0.615. The van der Waals surface area contributed by atoms with E-state index < -0.39 is 17.8 Å². The smallest absolute Gasteiger partial charge is 0.307 e. The van der Waals surface area contributed by atoms with Crippen LogP contribution in [0, 0.1) is 11.8 Å². The summed E-state index contributed by atoms with van der Waals surface area (Å²) in [6, 6.07) is 1.77. The molecule has 0 radical (unpaired) electrons. The Labute approximate surface area is 111 Å². The van der Waals surface area contributed by atoms with E-state index in [0.29, 0.717) is 18.7 Å². The molecule has 0 aliphatic heterocycles. The molecule has 1 aliphatic rings. The number of aryl methyl sites for hydroxylation is 1. The van der Waals surface area contributed by atoms with E-state index in [4.69, 9.17) is 5.11 Å². The highest BCUT2D eigenvalue weighted by Gasteiger charge is 2.35. The zero-order chi connectivity index (χ0) is 13.8. The summed E-state index contributed by atoms with van der Waals surface area (Å²) in [6.07, 6.45) is 3.80. The predicted molar refractivity (Wildman–Crippen MR) is 69.7 cm³/mol. The van der Waals surface area contributed by atoms with Gasteiger partial charge in [-0.15, -0.1) is 0 Å². The first kappa shape index (κ1) is 13.6. The van der Waals surface area contributed by atoms with E-state index in [0.717, 1.165) is 25.0 Å². The molecule has 1 aromatic rings. The highest BCUT2D eigenvalue weighted by atomic mass is 16.4. The summed E-state index contributed by atoms with van der Waals surface area (Å²) in [6.45, 7) is 1.99. The number of aliphatic carboxylic acids is 1. The summed E-state index contributed by atoms with van der Waals surface area (Å²) in [7, 11) is 0. The Balaban J connectivity index is 2.03. The summed E-state index contributed by atoms with van der Waals surface area (Å²) < 4.78 is 0. The van der Waals surface area contributed by atoms with Crippen LogP contribution in [-0.2, 0) is 16.0 Å². The van der Waals surface area contributed by atoms with Crippen LogP contribution in [0.4, 0.5) is 5.82 Å². The first-order valence-corrected chi connectivity index (χ1v) is 6.69. The van der Waals surface area contributed by atoms with Crippen LogP contribution in [0.15, 0.2) is 6.07 Å². The van der Waals surface area contributed by atoms with Crippen molar-refractivity contribution in [3.63, 3.8) is 0 Å². The molecule has 1 amide bonds. The summed E-state index contributed by atoms with van der Waals surface area (Å²) >= 11 is 0. The summed E-state index contributed by atoms with van der Waals surface area (Å²) in [5.41, 5.74) is 0.939. The highest BCUT2D eigenvalue weighted by molar-refractivity contribution is 5.94. The second-order valence-electron chi connectivity index (χ2n) is 4.96. The number of H-pyrrole nitrogens is 1. The van der Waals surface area contributed by atoms with Crippen molar-refractivity contribution in [1.82, 2.24) is 10.2 Å². The maximum Gasteiger partial charge on any atom is 0.307 e. The lowest BCUT2D eigenvalue weighted by Crippen LogP contribution is -2.36. The molecule has 0 bridgehead atoms. The van der Waals surface area contributed by atoms with E-state index in [1.54, 1.807) is 6.07 Å². The van der Waals surface area contributed by atoms with Crippen LogP contribution in [0.25, 0.3) is 0 Å². The van der Waals surface area contributed by atoms with E-state index in [9.17, 15) is 9.59 Å². The van der Waals surface area contributed by atoms with Crippen molar-refractivity contribution in [3.05, 3.63) is 11.8 Å². The average molecular weight is 265 g/mol. The van der Waals surface area contributed by atoms with Crippen LogP contribution < -0.4 is 5.32 Å². The van der Waals surface area contributed by atoms with Crippen molar-refractivity contribution in [2.45, 2.75) is 39.0 Å². The van der Waals surface area contributed by atoms with E-state index in [1.807, 2.05) is 6.92 Å². The number of amides is 1.